The van der Waals surface area contributed by atoms with Gasteiger partial charge in [0.1, 0.15) is 5.75 Å². The van der Waals surface area contributed by atoms with Crippen LogP contribution in [0.2, 0.25) is 0 Å². The molecule has 23 heavy (non-hydrogen) atoms. The number of rotatable bonds is 7. The van der Waals surface area contributed by atoms with Crippen molar-refractivity contribution in [2.45, 2.75) is 23.5 Å². The second-order valence-electron chi connectivity index (χ2n) is 5.10. The smallest absolute Gasteiger partial charge is 0.233 e. The van der Waals surface area contributed by atoms with Crippen LogP contribution in [0.3, 0.4) is 0 Å². The van der Waals surface area contributed by atoms with Crippen molar-refractivity contribution in [3.05, 3.63) is 58.6 Å². The molecule has 0 aromatic heterocycles. The molecule has 0 bridgehead atoms. The molecule has 122 valence electrons. The van der Waals surface area contributed by atoms with E-state index in [9.17, 15) is 4.79 Å². The van der Waals surface area contributed by atoms with E-state index in [0.29, 0.717) is 6.54 Å². The zero-order valence-corrected chi connectivity index (χ0v) is 15.6. The third kappa shape index (κ3) is 5.92. The lowest BCUT2D eigenvalue weighted by Gasteiger charge is -2.12. The number of thioether (sulfide) groups is 1. The molecule has 0 saturated heterocycles. The van der Waals surface area contributed by atoms with Crippen LogP contribution in [0.15, 0.2) is 57.9 Å². The number of carbonyl (C=O) groups is 1. The van der Waals surface area contributed by atoms with Crippen molar-refractivity contribution in [1.29, 1.82) is 0 Å². The molecule has 2 aromatic carbocycles. The van der Waals surface area contributed by atoms with Gasteiger partial charge in [0, 0.05) is 15.9 Å². The molecule has 0 aliphatic rings. The van der Waals surface area contributed by atoms with E-state index in [2.05, 4.69) is 21.2 Å². The Morgan fingerprint density at radius 2 is 1.83 bits per heavy atom. The first-order valence-electron chi connectivity index (χ1n) is 7.41. The van der Waals surface area contributed by atoms with Crippen LogP contribution in [0.1, 0.15) is 12.5 Å². The highest BCUT2D eigenvalue weighted by molar-refractivity contribution is 9.10. The number of halogens is 1. The molecule has 2 aromatic rings. The number of hydrogen-bond donors (Lipinski definition) is 1. The summed E-state index contributed by atoms with van der Waals surface area (Å²) in [5.41, 5.74) is 1.18. The van der Waals surface area contributed by atoms with Gasteiger partial charge in [-0.25, -0.2) is 0 Å². The topological polar surface area (TPSA) is 38.3 Å². The fourth-order valence-corrected chi connectivity index (χ4v) is 3.19. The Bertz CT molecular complexity index is 628. The SMILES string of the molecule is COc1ccc(CCNC(=O)C(C)Sc2ccc(Br)cc2)cc1. The van der Waals surface area contributed by atoms with E-state index >= 15 is 0 Å². The molecular weight excluding hydrogens is 374 g/mol. The molecule has 0 saturated carbocycles. The van der Waals surface area contributed by atoms with Gasteiger partial charge in [0.15, 0.2) is 0 Å². The van der Waals surface area contributed by atoms with Crippen molar-refractivity contribution < 1.29 is 9.53 Å². The Morgan fingerprint density at radius 1 is 1.17 bits per heavy atom. The van der Waals surface area contributed by atoms with Crippen molar-refractivity contribution in [3.63, 3.8) is 0 Å². The van der Waals surface area contributed by atoms with Crippen molar-refractivity contribution in [2.24, 2.45) is 0 Å². The maximum Gasteiger partial charge on any atom is 0.233 e. The summed E-state index contributed by atoms with van der Waals surface area (Å²) >= 11 is 4.97. The molecule has 0 aliphatic heterocycles. The summed E-state index contributed by atoms with van der Waals surface area (Å²) in [5.74, 6) is 0.906. The number of methoxy groups -OCH3 is 1. The minimum absolute atomic E-state index is 0.0615. The summed E-state index contributed by atoms with van der Waals surface area (Å²) in [7, 11) is 1.65. The lowest BCUT2D eigenvalue weighted by molar-refractivity contribution is -0.120. The van der Waals surface area contributed by atoms with Gasteiger partial charge in [-0.2, -0.15) is 0 Å². The molecule has 0 heterocycles. The van der Waals surface area contributed by atoms with Crippen LogP contribution in [0.5, 0.6) is 5.75 Å². The second-order valence-corrected chi connectivity index (χ2v) is 7.43. The standard InChI is InChI=1S/C18H20BrNO2S/c1-13(23-17-9-5-15(19)6-10-17)18(21)20-12-11-14-3-7-16(22-2)8-4-14/h3-10,13H,11-12H2,1-2H3,(H,20,21). The van der Waals surface area contributed by atoms with Gasteiger partial charge in [-0.15, -0.1) is 11.8 Å². The van der Waals surface area contributed by atoms with Gasteiger partial charge in [0.25, 0.3) is 0 Å². The minimum atomic E-state index is -0.118. The van der Waals surface area contributed by atoms with Crippen molar-refractivity contribution in [1.82, 2.24) is 5.32 Å². The molecule has 0 aliphatic carbocycles. The van der Waals surface area contributed by atoms with Crippen molar-refractivity contribution >= 4 is 33.6 Å². The summed E-state index contributed by atoms with van der Waals surface area (Å²) in [6.07, 6.45) is 0.811. The molecule has 0 spiro atoms. The largest absolute Gasteiger partial charge is 0.497 e. The molecule has 0 radical (unpaired) electrons. The Hall–Kier alpha value is -1.46. The zero-order chi connectivity index (χ0) is 16.7. The third-order valence-electron chi connectivity index (χ3n) is 3.37. The second kappa shape index (κ2) is 8.99. The first kappa shape index (κ1) is 17.9. The van der Waals surface area contributed by atoms with Gasteiger partial charge in [0.05, 0.1) is 12.4 Å². The Morgan fingerprint density at radius 3 is 2.43 bits per heavy atom. The molecule has 2 rings (SSSR count). The van der Waals surface area contributed by atoms with Crippen LogP contribution in [-0.2, 0) is 11.2 Å². The molecule has 0 fully saturated rings. The lowest BCUT2D eigenvalue weighted by atomic mass is 10.1. The fourth-order valence-electron chi connectivity index (χ4n) is 2.04. The van der Waals surface area contributed by atoms with E-state index in [1.165, 1.54) is 5.56 Å². The van der Waals surface area contributed by atoms with E-state index in [1.54, 1.807) is 18.9 Å². The molecule has 5 heteroatoms. The molecule has 1 amide bonds. The molecular formula is C18H20BrNO2S. The maximum absolute atomic E-state index is 12.1. The van der Waals surface area contributed by atoms with Crippen LogP contribution in [0, 0.1) is 0 Å². The first-order chi connectivity index (χ1) is 11.1. The van der Waals surface area contributed by atoms with Gasteiger partial charge in [-0.05, 0) is 55.3 Å². The minimum Gasteiger partial charge on any atom is -0.497 e. The first-order valence-corrected chi connectivity index (χ1v) is 9.08. The van der Waals surface area contributed by atoms with Gasteiger partial charge < -0.3 is 10.1 Å². The van der Waals surface area contributed by atoms with E-state index in [1.807, 2.05) is 55.5 Å². The van der Waals surface area contributed by atoms with Crippen LogP contribution < -0.4 is 10.1 Å². The molecule has 1 N–H and O–H groups in total. The highest BCUT2D eigenvalue weighted by Gasteiger charge is 2.13. The molecule has 1 atom stereocenters. The number of carbonyl (C=O) groups excluding carboxylic acids is 1. The quantitative estimate of drug-likeness (QED) is 0.712. The van der Waals surface area contributed by atoms with E-state index in [4.69, 9.17) is 4.74 Å². The fraction of sp³-hybridized carbons (Fsp3) is 0.278. The van der Waals surface area contributed by atoms with Crippen LogP contribution >= 0.6 is 27.7 Å². The number of hydrogen-bond acceptors (Lipinski definition) is 3. The van der Waals surface area contributed by atoms with Gasteiger partial charge in [0.2, 0.25) is 5.91 Å². The van der Waals surface area contributed by atoms with Crippen LogP contribution in [0.4, 0.5) is 0 Å². The number of amides is 1. The monoisotopic (exact) mass is 393 g/mol. The van der Waals surface area contributed by atoms with Crippen molar-refractivity contribution in [2.75, 3.05) is 13.7 Å². The summed E-state index contributed by atoms with van der Waals surface area (Å²) in [6, 6.07) is 15.9. The van der Waals surface area contributed by atoms with E-state index < -0.39 is 0 Å². The van der Waals surface area contributed by atoms with Crippen molar-refractivity contribution in [3.8, 4) is 5.75 Å². The predicted octanol–water partition coefficient (Wildman–Crippen LogP) is 4.30. The van der Waals surface area contributed by atoms with Gasteiger partial charge in [-0.3, -0.25) is 4.79 Å². The number of benzene rings is 2. The van der Waals surface area contributed by atoms with Gasteiger partial charge in [-0.1, -0.05) is 28.1 Å². The summed E-state index contributed by atoms with van der Waals surface area (Å²) in [5, 5.41) is 2.87. The Labute approximate surface area is 149 Å². The highest BCUT2D eigenvalue weighted by Crippen LogP contribution is 2.24. The highest BCUT2D eigenvalue weighted by atomic mass is 79.9. The molecule has 1 unspecified atom stereocenters. The van der Waals surface area contributed by atoms with E-state index in [-0.39, 0.29) is 11.2 Å². The van der Waals surface area contributed by atoms with Crippen LogP contribution in [0.25, 0.3) is 0 Å². The third-order valence-corrected chi connectivity index (χ3v) is 5.01. The summed E-state index contributed by atoms with van der Waals surface area (Å²) in [6.45, 7) is 2.56. The number of ether oxygens (including phenoxy) is 1. The lowest BCUT2D eigenvalue weighted by Crippen LogP contribution is -2.32. The molecule has 3 nitrogen and oxygen atoms in total. The van der Waals surface area contributed by atoms with E-state index in [0.717, 1.165) is 21.5 Å². The Kier molecular flexibility index (Phi) is 6.99. The average molecular weight is 394 g/mol. The summed E-state index contributed by atoms with van der Waals surface area (Å²) in [4.78, 5) is 13.2. The number of nitrogens with one attached hydrogen (secondary N) is 1. The van der Waals surface area contributed by atoms with Gasteiger partial charge >= 0.3 is 0 Å². The normalized spacial score (nSPS) is 11.8. The zero-order valence-electron chi connectivity index (χ0n) is 13.2. The average Bonchev–Trinajstić information content (AvgIpc) is 2.57. The maximum atomic E-state index is 12.1. The Balaban J connectivity index is 1.75. The summed E-state index contributed by atoms with van der Waals surface area (Å²) < 4.78 is 6.17. The predicted molar refractivity (Wildman–Crippen MR) is 99.2 cm³/mol. The van der Waals surface area contributed by atoms with Crippen LogP contribution in [-0.4, -0.2) is 24.8 Å².